The first-order chi connectivity index (χ1) is 5.11. The summed E-state index contributed by atoms with van der Waals surface area (Å²) in [6, 6.07) is 1.29. The molecular formula is C9H22N2. The first-order valence-electron chi connectivity index (χ1n) is 4.49. The standard InChI is InChI=1S/C9H22N2/c1-6-9(3)11(5)7-8(2)10-4/h8-10H,6-7H2,1-5H3. The van der Waals surface area contributed by atoms with E-state index in [1.165, 1.54) is 6.42 Å². The zero-order valence-corrected chi connectivity index (χ0v) is 8.52. The van der Waals surface area contributed by atoms with E-state index in [1.807, 2.05) is 7.05 Å². The van der Waals surface area contributed by atoms with Crippen LogP contribution in [0.4, 0.5) is 0 Å². The van der Waals surface area contributed by atoms with Gasteiger partial charge in [0.2, 0.25) is 0 Å². The zero-order chi connectivity index (χ0) is 8.85. The van der Waals surface area contributed by atoms with Gasteiger partial charge in [-0.2, -0.15) is 0 Å². The summed E-state index contributed by atoms with van der Waals surface area (Å²) in [5.74, 6) is 0. The minimum atomic E-state index is 0.592. The Labute approximate surface area is 71.0 Å². The first kappa shape index (κ1) is 10.9. The number of hydrogen-bond donors (Lipinski definition) is 1. The van der Waals surface area contributed by atoms with Crippen molar-refractivity contribution in [2.75, 3.05) is 20.6 Å². The topological polar surface area (TPSA) is 15.3 Å². The lowest BCUT2D eigenvalue weighted by molar-refractivity contribution is 0.232. The Balaban J connectivity index is 3.58. The van der Waals surface area contributed by atoms with E-state index in [1.54, 1.807) is 0 Å². The number of rotatable bonds is 5. The van der Waals surface area contributed by atoms with Gasteiger partial charge in [0, 0.05) is 18.6 Å². The van der Waals surface area contributed by atoms with E-state index >= 15 is 0 Å². The van der Waals surface area contributed by atoms with Crippen LogP contribution in [-0.2, 0) is 0 Å². The summed E-state index contributed by atoms with van der Waals surface area (Å²) in [6.07, 6.45) is 1.23. The third-order valence-corrected chi connectivity index (χ3v) is 2.40. The van der Waals surface area contributed by atoms with Gasteiger partial charge in [-0.05, 0) is 34.4 Å². The molecule has 0 spiro atoms. The highest BCUT2D eigenvalue weighted by atomic mass is 15.1. The summed E-state index contributed by atoms with van der Waals surface area (Å²) < 4.78 is 0. The lowest BCUT2D eigenvalue weighted by atomic mass is 10.2. The number of nitrogens with one attached hydrogen (secondary N) is 1. The highest BCUT2D eigenvalue weighted by Crippen LogP contribution is 2.00. The van der Waals surface area contributed by atoms with Gasteiger partial charge < -0.3 is 10.2 Å². The van der Waals surface area contributed by atoms with Crippen molar-refractivity contribution in [2.45, 2.75) is 39.3 Å². The molecule has 0 bridgehead atoms. The van der Waals surface area contributed by atoms with Crippen LogP contribution in [0.25, 0.3) is 0 Å². The molecule has 0 rings (SSSR count). The van der Waals surface area contributed by atoms with Gasteiger partial charge in [0.25, 0.3) is 0 Å². The van der Waals surface area contributed by atoms with E-state index in [0.717, 1.165) is 6.54 Å². The third kappa shape index (κ3) is 4.38. The van der Waals surface area contributed by atoms with Crippen LogP contribution in [0.3, 0.4) is 0 Å². The zero-order valence-electron chi connectivity index (χ0n) is 8.52. The van der Waals surface area contributed by atoms with Crippen LogP contribution in [0.2, 0.25) is 0 Å². The molecule has 0 aliphatic heterocycles. The van der Waals surface area contributed by atoms with Crippen LogP contribution >= 0.6 is 0 Å². The maximum absolute atomic E-state index is 3.23. The Bertz CT molecular complexity index is 93.6. The quantitative estimate of drug-likeness (QED) is 0.649. The SMILES string of the molecule is CCC(C)N(C)CC(C)NC. The van der Waals surface area contributed by atoms with Gasteiger partial charge in [-0.25, -0.2) is 0 Å². The Hall–Kier alpha value is -0.0800. The van der Waals surface area contributed by atoms with Crippen molar-refractivity contribution in [3.63, 3.8) is 0 Å². The van der Waals surface area contributed by atoms with E-state index in [-0.39, 0.29) is 0 Å². The summed E-state index contributed by atoms with van der Waals surface area (Å²) in [5, 5.41) is 3.23. The molecule has 0 aliphatic rings. The lowest BCUT2D eigenvalue weighted by Crippen LogP contribution is -2.39. The Morgan fingerprint density at radius 2 is 1.91 bits per heavy atom. The number of hydrogen-bond acceptors (Lipinski definition) is 2. The molecule has 1 N–H and O–H groups in total. The van der Waals surface area contributed by atoms with E-state index in [9.17, 15) is 0 Å². The number of nitrogens with zero attached hydrogens (tertiary/aromatic N) is 1. The molecule has 2 nitrogen and oxygen atoms in total. The van der Waals surface area contributed by atoms with Crippen LogP contribution in [0, 0.1) is 0 Å². The molecule has 0 fully saturated rings. The predicted octanol–water partition coefficient (Wildman–Crippen LogP) is 1.32. The molecule has 0 aromatic heterocycles. The fourth-order valence-electron chi connectivity index (χ4n) is 1.01. The Morgan fingerprint density at radius 1 is 1.36 bits per heavy atom. The fourth-order valence-corrected chi connectivity index (χ4v) is 1.01. The third-order valence-electron chi connectivity index (χ3n) is 2.40. The Morgan fingerprint density at radius 3 is 2.27 bits per heavy atom. The highest BCUT2D eigenvalue weighted by Gasteiger charge is 2.08. The fraction of sp³-hybridized carbons (Fsp3) is 1.00. The van der Waals surface area contributed by atoms with Gasteiger partial charge in [0.15, 0.2) is 0 Å². The largest absolute Gasteiger partial charge is 0.316 e. The van der Waals surface area contributed by atoms with Crippen LogP contribution in [0.15, 0.2) is 0 Å². The molecule has 2 unspecified atom stereocenters. The Kier molecular flexibility index (Phi) is 5.51. The van der Waals surface area contributed by atoms with Gasteiger partial charge in [-0.3, -0.25) is 0 Å². The van der Waals surface area contributed by atoms with Crippen LogP contribution in [-0.4, -0.2) is 37.6 Å². The molecule has 0 heterocycles. The van der Waals surface area contributed by atoms with Gasteiger partial charge in [-0.1, -0.05) is 6.92 Å². The van der Waals surface area contributed by atoms with Crippen molar-refractivity contribution in [3.8, 4) is 0 Å². The second-order valence-electron chi connectivity index (χ2n) is 3.39. The molecule has 0 saturated carbocycles. The lowest BCUT2D eigenvalue weighted by Gasteiger charge is -2.26. The molecule has 0 radical (unpaired) electrons. The van der Waals surface area contributed by atoms with E-state index in [0.29, 0.717) is 12.1 Å². The summed E-state index contributed by atoms with van der Waals surface area (Å²) in [7, 11) is 4.19. The van der Waals surface area contributed by atoms with Gasteiger partial charge >= 0.3 is 0 Å². The molecule has 0 saturated heterocycles. The summed E-state index contributed by atoms with van der Waals surface area (Å²) in [6.45, 7) is 7.83. The number of likely N-dealkylation sites (N-methyl/N-ethyl adjacent to an activating group) is 2. The van der Waals surface area contributed by atoms with Gasteiger partial charge in [0.05, 0.1) is 0 Å². The van der Waals surface area contributed by atoms with Crippen molar-refractivity contribution in [1.29, 1.82) is 0 Å². The van der Waals surface area contributed by atoms with Gasteiger partial charge in [0.1, 0.15) is 0 Å². The first-order valence-corrected chi connectivity index (χ1v) is 4.49. The molecule has 0 aromatic carbocycles. The minimum Gasteiger partial charge on any atom is -0.316 e. The summed E-state index contributed by atoms with van der Waals surface area (Å²) in [4.78, 5) is 2.39. The summed E-state index contributed by atoms with van der Waals surface area (Å²) >= 11 is 0. The van der Waals surface area contributed by atoms with Gasteiger partial charge in [-0.15, -0.1) is 0 Å². The average Bonchev–Trinajstić information content (AvgIpc) is 2.02. The van der Waals surface area contributed by atoms with E-state index in [2.05, 4.69) is 38.0 Å². The minimum absolute atomic E-state index is 0.592. The molecule has 2 atom stereocenters. The molecule has 0 amide bonds. The van der Waals surface area contributed by atoms with E-state index in [4.69, 9.17) is 0 Å². The average molecular weight is 158 g/mol. The molecule has 0 aromatic rings. The second-order valence-corrected chi connectivity index (χ2v) is 3.39. The maximum Gasteiger partial charge on any atom is 0.0163 e. The van der Waals surface area contributed by atoms with Crippen molar-refractivity contribution < 1.29 is 0 Å². The monoisotopic (exact) mass is 158 g/mol. The molecule has 68 valence electrons. The van der Waals surface area contributed by atoms with Crippen molar-refractivity contribution in [1.82, 2.24) is 10.2 Å². The highest BCUT2D eigenvalue weighted by molar-refractivity contribution is 4.67. The van der Waals surface area contributed by atoms with E-state index < -0.39 is 0 Å². The second kappa shape index (κ2) is 5.56. The normalized spacial score (nSPS) is 16.9. The van der Waals surface area contributed by atoms with Crippen molar-refractivity contribution in [2.24, 2.45) is 0 Å². The van der Waals surface area contributed by atoms with Crippen molar-refractivity contribution in [3.05, 3.63) is 0 Å². The van der Waals surface area contributed by atoms with Crippen LogP contribution < -0.4 is 5.32 Å². The molecular weight excluding hydrogens is 136 g/mol. The predicted molar refractivity (Wildman–Crippen MR) is 50.9 cm³/mol. The van der Waals surface area contributed by atoms with Crippen LogP contribution in [0.1, 0.15) is 27.2 Å². The molecule has 2 heteroatoms. The summed E-state index contributed by atoms with van der Waals surface area (Å²) in [5.41, 5.74) is 0. The smallest absolute Gasteiger partial charge is 0.0163 e. The van der Waals surface area contributed by atoms with Crippen molar-refractivity contribution >= 4 is 0 Å². The van der Waals surface area contributed by atoms with Crippen LogP contribution in [0.5, 0.6) is 0 Å². The molecule has 0 aliphatic carbocycles. The maximum atomic E-state index is 3.23. The molecule has 11 heavy (non-hydrogen) atoms.